The average Bonchev–Trinajstić information content (AvgIpc) is 2.38. The number of hydrogen-bond acceptors (Lipinski definition) is 2. The number of nitrogens with zero attached hydrogens (tertiary/aromatic N) is 1. The summed E-state index contributed by atoms with van der Waals surface area (Å²) in [6.45, 7) is -0.359. The molecule has 0 fully saturated rings. The Morgan fingerprint density at radius 1 is 1.21 bits per heavy atom. The molecule has 1 N–H and O–H groups in total. The molecule has 2 nitrogen and oxygen atoms in total. The number of aliphatic hydroxyl groups excluding tert-OH is 1. The van der Waals surface area contributed by atoms with Gasteiger partial charge in [-0.3, -0.25) is 4.98 Å². The highest BCUT2D eigenvalue weighted by molar-refractivity contribution is 6.31. The van der Waals surface area contributed by atoms with Gasteiger partial charge in [0.15, 0.2) is 0 Å². The Bertz CT molecular complexity index is 599. The minimum atomic E-state index is -4.46. The second kappa shape index (κ2) is 5.19. The number of benzene rings is 1. The van der Waals surface area contributed by atoms with Gasteiger partial charge in [0.25, 0.3) is 0 Å². The Morgan fingerprint density at radius 3 is 2.53 bits per heavy atom. The minimum Gasteiger partial charge on any atom is -0.392 e. The van der Waals surface area contributed by atoms with Crippen molar-refractivity contribution in [3.05, 3.63) is 52.7 Å². The van der Waals surface area contributed by atoms with Gasteiger partial charge in [0.2, 0.25) is 0 Å². The minimum absolute atomic E-state index is 0.0404. The van der Waals surface area contributed by atoms with Crippen molar-refractivity contribution in [3.8, 4) is 11.3 Å². The number of aliphatic hydroxyl groups is 1. The Hall–Kier alpha value is -1.59. The molecule has 0 amide bonds. The molecule has 0 aliphatic carbocycles. The van der Waals surface area contributed by atoms with Gasteiger partial charge >= 0.3 is 6.18 Å². The molecule has 1 heterocycles. The molecule has 0 atom stereocenters. The molecule has 1 aromatic carbocycles. The van der Waals surface area contributed by atoms with Gasteiger partial charge in [0.1, 0.15) is 0 Å². The lowest BCUT2D eigenvalue weighted by atomic mass is 10.0. The van der Waals surface area contributed by atoms with Crippen LogP contribution in [-0.4, -0.2) is 10.1 Å². The lowest BCUT2D eigenvalue weighted by Crippen LogP contribution is -2.07. The van der Waals surface area contributed by atoms with E-state index in [9.17, 15) is 13.2 Å². The Morgan fingerprint density at radius 2 is 1.89 bits per heavy atom. The maximum atomic E-state index is 12.9. The van der Waals surface area contributed by atoms with Crippen LogP contribution in [0.3, 0.4) is 0 Å². The van der Waals surface area contributed by atoms with Crippen molar-refractivity contribution in [3.63, 3.8) is 0 Å². The molecule has 0 saturated carbocycles. The fourth-order valence-corrected chi connectivity index (χ4v) is 1.87. The van der Waals surface area contributed by atoms with E-state index in [2.05, 4.69) is 4.98 Å². The van der Waals surface area contributed by atoms with Crippen molar-refractivity contribution < 1.29 is 18.3 Å². The Labute approximate surface area is 112 Å². The summed E-state index contributed by atoms with van der Waals surface area (Å²) in [5, 5.41) is 9.30. The molecular weight excluding hydrogens is 279 g/mol. The van der Waals surface area contributed by atoms with Gasteiger partial charge < -0.3 is 5.11 Å². The molecule has 0 spiro atoms. The topological polar surface area (TPSA) is 33.1 Å². The van der Waals surface area contributed by atoms with Crippen LogP contribution < -0.4 is 0 Å². The van der Waals surface area contributed by atoms with E-state index in [4.69, 9.17) is 16.7 Å². The van der Waals surface area contributed by atoms with E-state index >= 15 is 0 Å². The molecule has 19 heavy (non-hydrogen) atoms. The number of aromatic nitrogens is 1. The number of pyridine rings is 1. The lowest BCUT2D eigenvalue weighted by Gasteiger charge is -2.13. The highest BCUT2D eigenvalue weighted by Crippen LogP contribution is 2.36. The number of halogens is 4. The van der Waals surface area contributed by atoms with Gasteiger partial charge in [-0.2, -0.15) is 13.2 Å². The summed E-state index contributed by atoms with van der Waals surface area (Å²) in [7, 11) is 0. The summed E-state index contributed by atoms with van der Waals surface area (Å²) in [6.07, 6.45) is -3.23. The smallest absolute Gasteiger partial charge is 0.392 e. The molecule has 0 bridgehead atoms. The zero-order chi connectivity index (χ0) is 14.0. The van der Waals surface area contributed by atoms with Crippen molar-refractivity contribution in [1.82, 2.24) is 4.98 Å². The highest BCUT2D eigenvalue weighted by Gasteiger charge is 2.33. The van der Waals surface area contributed by atoms with Crippen LogP contribution in [0.4, 0.5) is 13.2 Å². The molecule has 2 rings (SSSR count). The van der Waals surface area contributed by atoms with E-state index in [0.29, 0.717) is 5.56 Å². The number of rotatable bonds is 2. The van der Waals surface area contributed by atoms with Crippen molar-refractivity contribution in [1.29, 1.82) is 0 Å². The van der Waals surface area contributed by atoms with Crippen LogP contribution in [0.5, 0.6) is 0 Å². The van der Waals surface area contributed by atoms with Gasteiger partial charge in [-0.1, -0.05) is 29.8 Å². The van der Waals surface area contributed by atoms with Crippen molar-refractivity contribution in [2.45, 2.75) is 12.8 Å². The maximum Gasteiger partial charge on any atom is 0.417 e. The van der Waals surface area contributed by atoms with Gasteiger partial charge in [-0.05, 0) is 17.7 Å². The van der Waals surface area contributed by atoms with E-state index in [0.717, 1.165) is 6.07 Å². The molecule has 0 aliphatic heterocycles. The van der Waals surface area contributed by atoms with Crippen molar-refractivity contribution in [2.75, 3.05) is 0 Å². The largest absolute Gasteiger partial charge is 0.417 e. The van der Waals surface area contributed by atoms with Crippen molar-refractivity contribution in [2.24, 2.45) is 0 Å². The Balaban J connectivity index is 2.59. The third kappa shape index (κ3) is 2.88. The summed E-state index contributed by atoms with van der Waals surface area (Å²) in [6, 6.07) is 6.49. The van der Waals surface area contributed by atoms with Crippen molar-refractivity contribution >= 4 is 11.6 Å². The molecule has 0 unspecified atom stereocenters. The molecule has 6 heteroatoms. The normalized spacial score (nSPS) is 11.6. The Kier molecular flexibility index (Phi) is 3.78. The predicted octanol–water partition coefficient (Wildman–Crippen LogP) is 3.91. The van der Waals surface area contributed by atoms with Crippen LogP contribution in [0, 0.1) is 0 Å². The van der Waals surface area contributed by atoms with Crippen LogP contribution in [0.1, 0.15) is 11.1 Å². The summed E-state index contributed by atoms with van der Waals surface area (Å²) in [5.74, 6) is 0. The van der Waals surface area contributed by atoms with Crippen LogP contribution >= 0.6 is 11.6 Å². The van der Waals surface area contributed by atoms with Crippen LogP contribution in [0.2, 0.25) is 5.02 Å². The standard InChI is InChI=1S/C13H9ClF3NO/c14-11-6-18-12(5-8(11)7-19)9-3-1-2-4-10(9)13(15,16)17/h1-6,19H,7H2. The van der Waals surface area contributed by atoms with Gasteiger partial charge in [0, 0.05) is 11.8 Å². The van der Waals surface area contributed by atoms with Gasteiger partial charge in [0.05, 0.1) is 22.9 Å². The molecule has 1 aromatic heterocycles. The molecular formula is C13H9ClF3NO. The fraction of sp³-hybridized carbons (Fsp3) is 0.154. The summed E-state index contributed by atoms with van der Waals surface area (Å²) >= 11 is 5.77. The molecule has 100 valence electrons. The predicted molar refractivity (Wildman–Crippen MR) is 65.6 cm³/mol. The van der Waals surface area contributed by atoms with E-state index < -0.39 is 11.7 Å². The summed E-state index contributed by atoms with van der Waals surface area (Å²) in [4.78, 5) is 3.89. The molecule has 0 aliphatic rings. The first-order valence-corrected chi connectivity index (χ1v) is 5.73. The van der Waals surface area contributed by atoms with Crippen LogP contribution in [0.25, 0.3) is 11.3 Å². The van der Waals surface area contributed by atoms with E-state index in [1.54, 1.807) is 0 Å². The third-order valence-corrected chi connectivity index (χ3v) is 2.95. The highest BCUT2D eigenvalue weighted by atomic mass is 35.5. The first-order chi connectivity index (χ1) is 8.93. The zero-order valence-corrected chi connectivity index (χ0v) is 10.3. The first kappa shape index (κ1) is 13.8. The first-order valence-electron chi connectivity index (χ1n) is 5.35. The molecule has 0 radical (unpaired) electrons. The maximum absolute atomic E-state index is 12.9. The van der Waals surface area contributed by atoms with E-state index in [1.165, 1.54) is 30.5 Å². The van der Waals surface area contributed by atoms with E-state index in [1.807, 2.05) is 0 Å². The van der Waals surface area contributed by atoms with Crippen LogP contribution in [0.15, 0.2) is 36.5 Å². The lowest BCUT2D eigenvalue weighted by molar-refractivity contribution is -0.137. The van der Waals surface area contributed by atoms with Gasteiger partial charge in [-0.15, -0.1) is 0 Å². The average molecular weight is 288 g/mol. The van der Waals surface area contributed by atoms with Gasteiger partial charge in [-0.25, -0.2) is 0 Å². The zero-order valence-electron chi connectivity index (χ0n) is 9.58. The number of hydrogen-bond donors (Lipinski definition) is 1. The van der Waals surface area contributed by atoms with E-state index in [-0.39, 0.29) is 22.9 Å². The second-order valence-corrected chi connectivity index (χ2v) is 4.27. The number of alkyl halides is 3. The monoisotopic (exact) mass is 287 g/mol. The van der Waals surface area contributed by atoms with Crippen LogP contribution in [-0.2, 0) is 12.8 Å². The molecule has 2 aromatic rings. The quantitative estimate of drug-likeness (QED) is 0.908. The second-order valence-electron chi connectivity index (χ2n) is 3.86. The SMILES string of the molecule is OCc1cc(-c2ccccc2C(F)(F)F)ncc1Cl. The summed E-state index contributed by atoms with van der Waals surface area (Å²) in [5.41, 5.74) is -0.347. The third-order valence-electron chi connectivity index (χ3n) is 2.61. The summed E-state index contributed by atoms with van der Waals surface area (Å²) < 4.78 is 38.7. The molecule has 0 saturated heterocycles. The fourth-order valence-electron chi connectivity index (χ4n) is 1.70.